The van der Waals surface area contributed by atoms with Gasteiger partial charge in [0.1, 0.15) is 40.4 Å². The Morgan fingerprint density at radius 1 is 1.10 bits per heavy atom. The number of carbonyl (C=O) groups excluding carboxylic acids is 3. The standard InChI is InChI=1S/C27H25N3O8S/c1-27(2)20(25(34)35)30-23(33)19(24(30)39-27)29-22(32)18(13-7-5-4-6-8-13)28-21(31)16-11-14-9-10-15(37-3)12-17(14)38-26(16)36/h4-12,18-20,24H,1-3H3,(H,28,31)(H,29,32)(H,34,35)/t18?,19-,20+,24-/m1/s1. The monoisotopic (exact) mass is 551 g/mol. The van der Waals surface area contributed by atoms with E-state index in [0.717, 1.165) is 0 Å². The van der Waals surface area contributed by atoms with Crippen molar-refractivity contribution >= 4 is 46.4 Å². The van der Waals surface area contributed by atoms with Gasteiger partial charge in [0.15, 0.2) is 0 Å². The minimum atomic E-state index is -1.25. The van der Waals surface area contributed by atoms with Crippen molar-refractivity contribution in [3.05, 3.63) is 76.1 Å². The van der Waals surface area contributed by atoms with Crippen LogP contribution < -0.4 is 21.0 Å². The maximum absolute atomic E-state index is 13.5. The molecule has 0 spiro atoms. The number of fused-ring (bicyclic) bond motifs is 2. The van der Waals surface area contributed by atoms with Crippen molar-refractivity contribution in [1.29, 1.82) is 0 Å². The average Bonchev–Trinajstić information content (AvgIpc) is 3.17. The summed E-state index contributed by atoms with van der Waals surface area (Å²) in [5, 5.41) is 14.8. The van der Waals surface area contributed by atoms with Crippen LogP contribution >= 0.6 is 11.8 Å². The summed E-state index contributed by atoms with van der Waals surface area (Å²) in [5.41, 5.74) is -0.540. The topological polar surface area (TPSA) is 155 Å². The number of carbonyl (C=O) groups is 4. The first-order chi connectivity index (χ1) is 18.5. The van der Waals surface area contributed by atoms with Gasteiger partial charge in [-0.15, -0.1) is 11.8 Å². The van der Waals surface area contributed by atoms with Crippen molar-refractivity contribution in [3.63, 3.8) is 0 Å². The second-order valence-corrected chi connectivity index (χ2v) is 11.5. The molecule has 202 valence electrons. The lowest BCUT2D eigenvalue weighted by atomic mass is 9.95. The second-order valence-electron chi connectivity index (χ2n) is 9.75. The Balaban J connectivity index is 1.39. The fraction of sp³-hybridized carbons (Fsp3) is 0.296. The van der Waals surface area contributed by atoms with E-state index in [9.17, 15) is 29.1 Å². The molecule has 0 saturated carbocycles. The van der Waals surface area contributed by atoms with Crippen LogP contribution in [0.1, 0.15) is 35.8 Å². The van der Waals surface area contributed by atoms with Gasteiger partial charge in [0.2, 0.25) is 11.8 Å². The third-order valence-electron chi connectivity index (χ3n) is 6.83. The van der Waals surface area contributed by atoms with Crippen LogP contribution in [0.15, 0.2) is 63.8 Å². The normalized spacial score (nSPS) is 22.0. The summed E-state index contributed by atoms with van der Waals surface area (Å²) in [6, 6.07) is 11.3. The van der Waals surface area contributed by atoms with Crippen molar-refractivity contribution in [2.45, 2.75) is 42.1 Å². The lowest BCUT2D eigenvalue weighted by Gasteiger charge is -2.44. The molecule has 5 rings (SSSR count). The number of thioether (sulfide) groups is 1. The van der Waals surface area contributed by atoms with Crippen LogP contribution in [0.3, 0.4) is 0 Å². The zero-order valence-corrected chi connectivity index (χ0v) is 22.0. The Kier molecular flexibility index (Phi) is 6.59. The predicted molar refractivity (Wildman–Crippen MR) is 141 cm³/mol. The highest BCUT2D eigenvalue weighted by Gasteiger charge is 2.64. The molecule has 2 aliphatic rings. The quantitative estimate of drug-likeness (QED) is 0.295. The van der Waals surface area contributed by atoms with Gasteiger partial charge in [0, 0.05) is 16.2 Å². The first kappa shape index (κ1) is 26.3. The molecular weight excluding hydrogens is 526 g/mol. The smallest absolute Gasteiger partial charge is 0.349 e. The van der Waals surface area contributed by atoms with Gasteiger partial charge in [0.05, 0.1) is 7.11 Å². The molecule has 0 bridgehead atoms. The van der Waals surface area contributed by atoms with Gasteiger partial charge in [0.25, 0.3) is 5.91 Å². The fourth-order valence-corrected chi connectivity index (χ4v) is 6.54. The molecule has 11 nitrogen and oxygen atoms in total. The molecule has 3 N–H and O–H groups in total. The number of hydrogen-bond acceptors (Lipinski definition) is 8. The van der Waals surface area contributed by atoms with E-state index in [0.29, 0.717) is 16.7 Å². The number of nitrogens with one attached hydrogen (secondary N) is 2. The number of carboxylic acid groups (broad SMARTS) is 1. The van der Waals surface area contributed by atoms with Crippen LogP contribution in [-0.2, 0) is 14.4 Å². The third-order valence-corrected chi connectivity index (χ3v) is 8.40. The number of carboxylic acids is 1. The van der Waals surface area contributed by atoms with Gasteiger partial charge in [-0.2, -0.15) is 0 Å². The number of ether oxygens (including phenoxy) is 1. The molecule has 1 aromatic heterocycles. The van der Waals surface area contributed by atoms with Crippen LogP contribution in [0.5, 0.6) is 5.75 Å². The molecule has 1 unspecified atom stereocenters. The molecule has 3 amide bonds. The van der Waals surface area contributed by atoms with E-state index in [1.54, 1.807) is 56.3 Å². The summed E-state index contributed by atoms with van der Waals surface area (Å²) >= 11 is 1.29. The Morgan fingerprint density at radius 2 is 1.82 bits per heavy atom. The van der Waals surface area contributed by atoms with E-state index in [4.69, 9.17) is 9.15 Å². The predicted octanol–water partition coefficient (Wildman–Crippen LogP) is 1.90. The van der Waals surface area contributed by atoms with Gasteiger partial charge in [-0.25, -0.2) is 9.59 Å². The van der Waals surface area contributed by atoms with E-state index in [-0.39, 0.29) is 11.1 Å². The maximum Gasteiger partial charge on any atom is 0.349 e. The summed E-state index contributed by atoms with van der Waals surface area (Å²) in [4.78, 5) is 65.3. The molecule has 2 aromatic carbocycles. The number of hydrogen-bond donors (Lipinski definition) is 3. The Hall–Kier alpha value is -4.32. The fourth-order valence-electron chi connectivity index (χ4n) is 4.91. The van der Waals surface area contributed by atoms with Crippen molar-refractivity contribution in [2.75, 3.05) is 7.11 Å². The number of rotatable bonds is 7. The molecule has 2 saturated heterocycles. The zero-order chi connectivity index (χ0) is 28.1. The number of β-lactam (4-membered cyclic amide) rings is 1. The van der Waals surface area contributed by atoms with E-state index in [1.807, 2.05) is 0 Å². The molecule has 3 aromatic rings. The van der Waals surface area contributed by atoms with Gasteiger partial charge >= 0.3 is 11.6 Å². The summed E-state index contributed by atoms with van der Waals surface area (Å²) in [5.74, 6) is -2.67. The molecule has 2 aliphatic heterocycles. The lowest BCUT2D eigenvalue weighted by molar-refractivity contribution is -0.161. The van der Waals surface area contributed by atoms with Crippen molar-refractivity contribution in [1.82, 2.24) is 15.5 Å². The van der Waals surface area contributed by atoms with Crippen LogP contribution in [0, 0.1) is 0 Å². The minimum absolute atomic E-state index is 0.234. The molecule has 3 heterocycles. The lowest BCUT2D eigenvalue weighted by Crippen LogP contribution is -2.71. The zero-order valence-electron chi connectivity index (χ0n) is 21.2. The molecule has 4 atom stereocenters. The van der Waals surface area contributed by atoms with E-state index < -0.39 is 57.6 Å². The maximum atomic E-state index is 13.5. The van der Waals surface area contributed by atoms with Crippen LogP contribution in [0.2, 0.25) is 0 Å². The van der Waals surface area contributed by atoms with Crippen LogP contribution in [-0.4, -0.2) is 63.0 Å². The summed E-state index contributed by atoms with van der Waals surface area (Å²) < 4.78 is 9.68. The Morgan fingerprint density at radius 3 is 2.49 bits per heavy atom. The summed E-state index contributed by atoms with van der Waals surface area (Å²) in [7, 11) is 1.47. The van der Waals surface area contributed by atoms with Crippen LogP contribution in [0.25, 0.3) is 11.0 Å². The van der Waals surface area contributed by atoms with Crippen molar-refractivity contribution in [2.24, 2.45) is 0 Å². The van der Waals surface area contributed by atoms with E-state index >= 15 is 0 Å². The highest BCUT2D eigenvalue weighted by atomic mass is 32.2. The van der Waals surface area contributed by atoms with Crippen molar-refractivity contribution < 1.29 is 33.4 Å². The number of nitrogens with zero attached hydrogens (tertiary/aromatic N) is 1. The molecular formula is C27H25N3O8S. The Bertz CT molecular complexity index is 1550. The highest BCUT2D eigenvalue weighted by molar-refractivity contribution is 8.01. The second kappa shape index (κ2) is 9.77. The summed E-state index contributed by atoms with van der Waals surface area (Å²) in [6.07, 6.45) is 0. The number of benzene rings is 2. The molecule has 12 heteroatoms. The van der Waals surface area contributed by atoms with Gasteiger partial charge in [-0.1, -0.05) is 30.3 Å². The molecule has 0 radical (unpaired) electrons. The molecule has 39 heavy (non-hydrogen) atoms. The first-order valence-corrected chi connectivity index (χ1v) is 12.9. The molecule has 2 fully saturated rings. The van der Waals surface area contributed by atoms with E-state index in [2.05, 4.69) is 10.6 Å². The largest absolute Gasteiger partial charge is 0.497 e. The highest BCUT2D eigenvalue weighted by Crippen LogP contribution is 2.50. The SMILES string of the molecule is COc1ccc2cc(C(=O)NC(C(=O)N[C@@H]3C(=O)N4[C@@H]3SC(C)(C)[C@@H]4C(=O)O)c3ccccc3)c(=O)oc2c1. The van der Waals surface area contributed by atoms with Gasteiger partial charge in [-0.05, 0) is 37.6 Å². The van der Waals surface area contributed by atoms with Gasteiger partial charge < -0.3 is 29.8 Å². The van der Waals surface area contributed by atoms with Crippen LogP contribution in [0.4, 0.5) is 0 Å². The minimum Gasteiger partial charge on any atom is -0.497 e. The average molecular weight is 552 g/mol. The number of aliphatic carboxylic acids is 1. The van der Waals surface area contributed by atoms with Gasteiger partial charge in [-0.3, -0.25) is 14.4 Å². The first-order valence-electron chi connectivity index (χ1n) is 12.0. The van der Waals surface area contributed by atoms with E-state index in [1.165, 1.54) is 35.9 Å². The number of amides is 3. The summed E-state index contributed by atoms with van der Waals surface area (Å²) in [6.45, 7) is 3.47. The number of methoxy groups -OCH3 is 1. The molecule has 0 aliphatic carbocycles. The third kappa shape index (κ3) is 4.60. The van der Waals surface area contributed by atoms with Crippen molar-refractivity contribution in [3.8, 4) is 5.75 Å². The Labute approximate surface area is 226 Å².